The van der Waals surface area contributed by atoms with E-state index in [0.29, 0.717) is 11.0 Å². The molecule has 33 heavy (non-hydrogen) atoms. The van der Waals surface area contributed by atoms with Crippen LogP contribution in [0.2, 0.25) is 5.02 Å². The van der Waals surface area contributed by atoms with Crippen molar-refractivity contribution in [3.05, 3.63) is 107 Å². The number of halogens is 2. The van der Waals surface area contributed by atoms with Crippen LogP contribution in [0.4, 0.5) is 11.9 Å². The van der Waals surface area contributed by atoms with E-state index in [4.69, 9.17) is 11.6 Å². The molecule has 1 aliphatic heterocycles. The highest BCUT2D eigenvalue weighted by molar-refractivity contribution is 7.92. The molecule has 4 aromatic rings. The van der Waals surface area contributed by atoms with Gasteiger partial charge in [-0.3, -0.25) is 0 Å². The van der Waals surface area contributed by atoms with Gasteiger partial charge in [0.25, 0.3) is 16.0 Å². The predicted molar refractivity (Wildman–Crippen MR) is 132 cm³/mol. The van der Waals surface area contributed by atoms with Crippen LogP contribution in [0, 0.1) is 0 Å². The molecule has 0 radical (unpaired) electrons. The molecule has 1 aromatic heterocycles. The molecule has 0 bridgehead atoms. The first-order valence-electron chi connectivity index (χ1n) is 9.84. The Labute approximate surface area is 202 Å². The van der Waals surface area contributed by atoms with Gasteiger partial charge in [0, 0.05) is 10.7 Å². The van der Waals surface area contributed by atoms with Crippen molar-refractivity contribution in [1.82, 2.24) is 14.8 Å². The minimum atomic E-state index is -3.82. The van der Waals surface area contributed by atoms with Crippen molar-refractivity contribution in [3.63, 3.8) is 0 Å². The summed E-state index contributed by atoms with van der Waals surface area (Å²) in [4.78, 5) is 4.55. The van der Waals surface area contributed by atoms with Crippen LogP contribution in [0.1, 0.15) is 17.2 Å². The normalized spacial score (nSPS) is 14.9. The van der Waals surface area contributed by atoms with Crippen molar-refractivity contribution in [1.29, 1.82) is 0 Å². The first-order valence-corrected chi connectivity index (χ1v) is 11.7. The highest BCUT2D eigenvalue weighted by Crippen LogP contribution is 2.33. The van der Waals surface area contributed by atoms with Gasteiger partial charge in [-0.25, -0.2) is 17.8 Å². The van der Waals surface area contributed by atoms with Crippen molar-refractivity contribution in [3.8, 4) is 0 Å². The van der Waals surface area contributed by atoms with Crippen LogP contribution in [0.5, 0.6) is 0 Å². The quantitative estimate of drug-likeness (QED) is 0.393. The number of benzene rings is 3. The lowest BCUT2D eigenvalue weighted by Gasteiger charge is -2.24. The largest absolute Gasteiger partial charge is 0.324 e. The summed E-state index contributed by atoms with van der Waals surface area (Å²) in [5, 5.41) is 8.33. The van der Waals surface area contributed by atoms with E-state index in [2.05, 4.69) is 20.1 Å². The minimum absolute atomic E-state index is 0. The van der Waals surface area contributed by atoms with E-state index in [1.54, 1.807) is 22.9 Å². The predicted octanol–water partition coefficient (Wildman–Crippen LogP) is 5.21. The summed E-state index contributed by atoms with van der Waals surface area (Å²) in [5.74, 6) is 0.412. The number of hydrogen-bond donors (Lipinski definition) is 2. The fraction of sp³-hybridized carbons (Fsp3) is 0.0435. The summed E-state index contributed by atoms with van der Waals surface area (Å²) in [6.07, 6.45) is 2.02. The monoisotopic (exact) mass is 499 g/mol. The molecule has 1 atom stereocenters. The lowest BCUT2D eigenvalue weighted by atomic mass is 10.0. The number of nitrogens with zero attached hydrogens (tertiary/aromatic N) is 3. The Bertz CT molecular complexity index is 1390. The Morgan fingerprint density at radius 3 is 2.21 bits per heavy atom. The molecular weight excluding hydrogens is 481 g/mol. The van der Waals surface area contributed by atoms with Crippen LogP contribution >= 0.6 is 24.0 Å². The number of fused-ring (bicyclic) bond motifs is 1. The molecule has 0 fully saturated rings. The fourth-order valence-corrected chi connectivity index (χ4v) is 4.58. The van der Waals surface area contributed by atoms with E-state index in [-0.39, 0.29) is 29.3 Å². The van der Waals surface area contributed by atoms with Crippen molar-refractivity contribution >= 4 is 51.6 Å². The third-order valence-electron chi connectivity index (χ3n) is 5.04. The Kier molecular flexibility index (Phi) is 6.42. The van der Waals surface area contributed by atoms with Gasteiger partial charge in [0.2, 0.25) is 5.95 Å². The molecule has 2 N–H and O–H groups in total. The third-order valence-corrected chi connectivity index (χ3v) is 6.64. The highest BCUT2D eigenvalue weighted by atomic mass is 35.5. The van der Waals surface area contributed by atoms with Gasteiger partial charge in [-0.1, -0.05) is 72.3 Å². The van der Waals surface area contributed by atoms with E-state index in [1.165, 1.54) is 12.1 Å². The van der Waals surface area contributed by atoms with E-state index in [0.717, 1.165) is 16.8 Å². The molecule has 10 heteroatoms. The van der Waals surface area contributed by atoms with Gasteiger partial charge in [-0.2, -0.15) is 4.98 Å². The summed E-state index contributed by atoms with van der Waals surface area (Å²) >= 11 is 6.07. The van der Waals surface area contributed by atoms with Crippen LogP contribution in [-0.4, -0.2) is 23.2 Å². The van der Waals surface area contributed by atoms with Crippen LogP contribution in [-0.2, 0) is 10.0 Å². The van der Waals surface area contributed by atoms with Crippen LogP contribution in [0.15, 0.2) is 95.9 Å². The third kappa shape index (κ3) is 4.73. The number of rotatable bonds is 5. The summed E-state index contributed by atoms with van der Waals surface area (Å²) < 4.78 is 29.6. The summed E-state index contributed by atoms with van der Waals surface area (Å²) in [6, 6.07) is 25.1. The fourth-order valence-electron chi connectivity index (χ4n) is 3.50. The number of nitrogens with one attached hydrogen (secondary N) is 2. The van der Waals surface area contributed by atoms with Gasteiger partial charge in [-0.05, 0) is 41.5 Å². The number of allylic oxidation sites excluding steroid dienone is 1. The zero-order chi connectivity index (χ0) is 22.1. The topological polar surface area (TPSA) is 88.9 Å². The summed E-state index contributed by atoms with van der Waals surface area (Å²) in [5.41, 5.74) is 2.77. The average molecular weight is 500 g/mol. The molecular formula is C23H19Cl2N5O2S. The second-order valence-electron chi connectivity index (χ2n) is 7.19. The van der Waals surface area contributed by atoms with Crippen molar-refractivity contribution < 1.29 is 8.42 Å². The second-order valence-corrected chi connectivity index (χ2v) is 9.31. The van der Waals surface area contributed by atoms with Gasteiger partial charge in [0.1, 0.15) is 6.04 Å². The molecule has 0 amide bonds. The molecule has 5 rings (SSSR count). The Balaban J connectivity index is 0.00000259. The molecule has 0 saturated heterocycles. The van der Waals surface area contributed by atoms with E-state index < -0.39 is 10.0 Å². The van der Waals surface area contributed by atoms with Gasteiger partial charge in [-0.15, -0.1) is 17.5 Å². The van der Waals surface area contributed by atoms with Crippen LogP contribution in [0.3, 0.4) is 0 Å². The molecule has 0 spiro atoms. The Morgan fingerprint density at radius 2 is 1.55 bits per heavy atom. The zero-order valence-corrected chi connectivity index (χ0v) is 19.5. The Hall–Kier alpha value is -3.33. The van der Waals surface area contributed by atoms with Crippen molar-refractivity contribution in [2.24, 2.45) is 0 Å². The molecule has 168 valence electrons. The molecule has 1 unspecified atom stereocenters. The molecule has 2 heterocycles. The Morgan fingerprint density at radius 1 is 0.909 bits per heavy atom. The molecule has 3 aromatic carbocycles. The summed E-state index contributed by atoms with van der Waals surface area (Å²) in [7, 11) is -3.82. The van der Waals surface area contributed by atoms with Crippen molar-refractivity contribution in [2.75, 3.05) is 10.0 Å². The first-order chi connectivity index (χ1) is 15.5. The smallest absolute Gasteiger partial charge is 0.264 e. The number of anilines is 2. The van der Waals surface area contributed by atoms with Gasteiger partial charge in [0.15, 0.2) is 0 Å². The lowest BCUT2D eigenvalue weighted by Crippen LogP contribution is -2.20. The maximum Gasteiger partial charge on any atom is 0.264 e. The maximum absolute atomic E-state index is 12.7. The molecule has 0 aliphatic carbocycles. The lowest BCUT2D eigenvalue weighted by molar-refractivity contribution is 0.598. The molecule has 1 aliphatic rings. The number of aromatic nitrogens is 3. The van der Waals surface area contributed by atoms with Gasteiger partial charge < -0.3 is 5.32 Å². The van der Waals surface area contributed by atoms with Crippen LogP contribution in [0.25, 0.3) is 5.70 Å². The zero-order valence-electron chi connectivity index (χ0n) is 17.1. The molecule has 0 saturated carbocycles. The van der Waals surface area contributed by atoms with Crippen LogP contribution < -0.4 is 10.0 Å². The van der Waals surface area contributed by atoms with Gasteiger partial charge in [0.05, 0.1) is 4.90 Å². The summed E-state index contributed by atoms with van der Waals surface area (Å²) in [6.45, 7) is 0. The van der Waals surface area contributed by atoms with Crippen molar-refractivity contribution in [2.45, 2.75) is 10.9 Å². The minimum Gasteiger partial charge on any atom is -0.324 e. The number of hydrogen-bond acceptors (Lipinski definition) is 5. The molecule has 7 nitrogen and oxygen atoms in total. The number of sulfonamides is 1. The second kappa shape index (κ2) is 9.27. The van der Waals surface area contributed by atoms with E-state index in [1.807, 2.05) is 60.7 Å². The first kappa shape index (κ1) is 22.8. The van der Waals surface area contributed by atoms with Gasteiger partial charge >= 0.3 is 0 Å². The average Bonchev–Trinajstić information content (AvgIpc) is 3.22. The standard InChI is InChI=1S/C23H18ClN5O2S.ClH/c24-18-13-11-17(12-14-18)21-15-20(16-7-3-1-4-8-16)25-23-26-22(27-29(21)23)28-32(30,31)19-9-5-2-6-10-19;/h1-15,21H,(H2,25,26,27,28);1H. The van der Waals surface area contributed by atoms with E-state index >= 15 is 0 Å². The maximum atomic E-state index is 12.7. The van der Waals surface area contributed by atoms with E-state index in [9.17, 15) is 8.42 Å². The SMILES string of the molecule is Cl.O=S(=O)(Nc1nc2n(n1)C(c1ccc(Cl)cc1)C=C(c1ccccc1)N2)c1ccccc1. The highest BCUT2D eigenvalue weighted by Gasteiger charge is 2.27.